The lowest BCUT2D eigenvalue weighted by Crippen LogP contribution is -2.11. The normalized spacial score (nSPS) is 23.9. The average molecular weight is 199 g/mol. The van der Waals surface area contributed by atoms with Crippen LogP contribution in [0.3, 0.4) is 0 Å². The van der Waals surface area contributed by atoms with Crippen molar-refractivity contribution in [3.63, 3.8) is 0 Å². The van der Waals surface area contributed by atoms with E-state index < -0.39 is 0 Å². The first-order valence-electron chi connectivity index (χ1n) is 5.46. The highest BCUT2D eigenvalue weighted by Gasteiger charge is 2.27. The Morgan fingerprint density at radius 2 is 2.20 bits per heavy atom. The lowest BCUT2D eigenvalue weighted by molar-refractivity contribution is 0.461. The van der Waals surface area contributed by atoms with Gasteiger partial charge >= 0.3 is 0 Å². The minimum absolute atomic E-state index is 0.413. The summed E-state index contributed by atoms with van der Waals surface area (Å²) in [5.41, 5.74) is 1.35. The van der Waals surface area contributed by atoms with Crippen LogP contribution < -0.4 is 0 Å². The number of nitrogens with zero attached hydrogens (tertiary/aromatic N) is 1. The second-order valence-electron chi connectivity index (χ2n) is 4.12. The molecule has 1 aliphatic heterocycles. The van der Waals surface area contributed by atoms with Crippen LogP contribution in [0.1, 0.15) is 17.9 Å². The summed E-state index contributed by atoms with van der Waals surface area (Å²) < 4.78 is 0. The van der Waals surface area contributed by atoms with Gasteiger partial charge < -0.3 is 0 Å². The van der Waals surface area contributed by atoms with Gasteiger partial charge in [0, 0.05) is 5.92 Å². The average Bonchev–Trinajstić information content (AvgIpc) is 2.68. The maximum absolute atomic E-state index is 3.95. The molecule has 0 spiro atoms. The van der Waals surface area contributed by atoms with E-state index in [1.807, 2.05) is 6.08 Å². The second kappa shape index (κ2) is 4.63. The monoisotopic (exact) mass is 199 g/mol. The van der Waals surface area contributed by atoms with Crippen molar-refractivity contribution in [1.82, 2.24) is 4.90 Å². The van der Waals surface area contributed by atoms with E-state index in [4.69, 9.17) is 0 Å². The van der Waals surface area contributed by atoms with E-state index in [0.717, 1.165) is 6.54 Å². The molecule has 1 heteroatoms. The summed E-state index contributed by atoms with van der Waals surface area (Å²) in [5.74, 6) is 0.908. The van der Waals surface area contributed by atoms with E-state index in [9.17, 15) is 0 Å². The molecule has 0 aliphatic carbocycles. The van der Waals surface area contributed by atoms with Crippen LogP contribution in [0.25, 0.3) is 0 Å². The van der Waals surface area contributed by atoms with Crippen LogP contribution in [-0.2, 0) is 0 Å². The van der Waals surface area contributed by atoms with Crippen molar-refractivity contribution < 1.29 is 0 Å². The minimum Gasteiger partial charge on any atom is -0.297 e. The SMILES string of the molecule is C=CC(c1ccccc1)C1[C]N(C)CC1. The fourth-order valence-corrected chi connectivity index (χ4v) is 2.21. The molecule has 1 aromatic carbocycles. The molecule has 1 saturated heterocycles. The molecule has 1 heterocycles. The smallest absolute Gasteiger partial charge is 0.0657 e. The Hall–Kier alpha value is -1.08. The highest BCUT2D eigenvalue weighted by Crippen LogP contribution is 2.34. The van der Waals surface area contributed by atoms with Crippen molar-refractivity contribution in [3.8, 4) is 0 Å². The third-order valence-corrected chi connectivity index (χ3v) is 3.03. The van der Waals surface area contributed by atoms with Crippen LogP contribution in [0.4, 0.5) is 0 Å². The van der Waals surface area contributed by atoms with Gasteiger partial charge in [-0.1, -0.05) is 36.4 Å². The van der Waals surface area contributed by atoms with Gasteiger partial charge in [-0.15, -0.1) is 6.58 Å². The zero-order chi connectivity index (χ0) is 10.7. The van der Waals surface area contributed by atoms with Crippen molar-refractivity contribution in [1.29, 1.82) is 0 Å². The Kier molecular flexibility index (Phi) is 3.22. The Labute approximate surface area is 92.4 Å². The van der Waals surface area contributed by atoms with E-state index >= 15 is 0 Å². The van der Waals surface area contributed by atoms with Crippen molar-refractivity contribution in [2.24, 2.45) is 5.92 Å². The van der Waals surface area contributed by atoms with Crippen LogP contribution in [0.2, 0.25) is 0 Å². The molecule has 0 saturated carbocycles. The maximum Gasteiger partial charge on any atom is 0.0657 e. The Bertz CT molecular complexity index is 317. The van der Waals surface area contributed by atoms with Crippen molar-refractivity contribution in [2.45, 2.75) is 12.3 Å². The van der Waals surface area contributed by atoms with Gasteiger partial charge in [0.15, 0.2) is 0 Å². The molecule has 0 amide bonds. The van der Waals surface area contributed by atoms with Gasteiger partial charge in [0.1, 0.15) is 0 Å². The third kappa shape index (κ3) is 2.29. The summed E-state index contributed by atoms with van der Waals surface area (Å²) >= 11 is 0. The first-order chi connectivity index (χ1) is 7.31. The fraction of sp³-hybridized carbons (Fsp3) is 0.357. The summed E-state index contributed by atoms with van der Waals surface area (Å²) in [5, 5.41) is 0. The molecule has 0 bridgehead atoms. The maximum atomic E-state index is 3.95. The van der Waals surface area contributed by atoms with Crippen LogP contribution in [0.5, 0.6) is 0 Å². The molecule has 1 aromatic rings. The highest BCUT2D eigenvalue weighted by atomic mass is 15.1. The molecule has 1 aliphatic rings. The minimum atomic E-state index is 0.413. The van der Waals surface area contributed by atoms with Crippen LogP contribution in [-0.4, -0.2) is 18.5 Å². The molecule has 2 atom stereocenters. The zero-order valence-electron chi connectivity index (χ0n) is 9.19. The van der Waals surface area contributed by atoms with E-state index in [1.54, 1.807) is 0 Å². The van der Waals surface area contributed by atoms with Gasteiger partial charge in [-0.3, -0.25) is 4.90 Å². The number of allylic oxidation sites excluding steroid dienone is 1. The second-order valence-corrected chi connectivity index (χ2v) is 4.12. The van der Waals surface area contributed by atoms with Crippen molar-refractivity contribution in [3.05, 3.63) is 55.1 Å². The standard InChI is InChI=1S/C14H17N/c1-3-14(12-7-5-4-6-8-12)13-9-10-15(2)11-13/h3-8,13-14H,1,9-10H2,2H3. The summed E-state index contributed by atoms with van der Waals surface area (Å²) in [6, 6.07) is 10.6. The molecule has 78 valence electrons. The third-order valence-electron chi connectivity index (χ3n) is 3.03. The number of hydrogen-bond donors (Lipinski definition) is 0. The molecule has 2 rings (SSSR count). The number of rotatable bonds is 3. The first kappa shape index (κ1) is 10.4. The first-order valence-corrected chi connectivity index (χ1v) is 5.46. The van der Waals surface area contributed by atoms with Crippen LogP contribution in [0, 0.1) is 12.5 Å². The largest absolute Gasteiger partial charge is 0.297 e. The lowest BCUT2D eigenvalue weighted by Gasteiger charge is -2.19. The van der Waals surface area contributed by atoms with Gasteiger partial charge in [-0.25, -0.2) is 0 Å². The Morgan fingerprint density at radius 3 is 2.73 bits per heavy atom. The molecule has 0 aromatic heterocycles. The number of hydrogen-bond acceptors (Lipinski definition) is 1. The van der Waals surface area contributed by atoms with E-state index in [1.165, 1.54) is 12.0 Å². The molecule has 15 heavy (non-hydrogen) atoms. The highest BCUT2D eigenvalue weighted by molar-refractivity contribution is 5.25. The summed E-state index contributed by atoms with van der Waals surface area (Å²) in [6.45, 7) is 8.53. The predicted molar refractivity (Wildman–Crippen MR) is 63.4 cm³/mol. The number of likely N-dealkylation sites (tertiary alicyclic amines) is 1. The van der Waals surface area contributed by atoms with Gasteiger partial charge in [-0.05, 0) is 31.5 Å². The van der Waals surface area contributed by atoms with Gasteiger partial charge in [0.25, 0.3) is 0 Å². The molecular formula is C14H17N. The van der Waals surface area contributed by atoms with E-state index in [0.29, 0.717) is 11.8 Å². The quantitative estimate of drug-likeness (QED) is 0.676. The Balaban J connectivity index is 2.14. The zero-order valence-corrected chi connectivity index (χ0v) is 9.19. The van der Waals surface area contributed by atoms with Gasteiger partial charge in [0.05, 0.1) is 6.54 Å². The molecule has 1 fully saturated rings. The topological polar surface area (TPSA) is 3.24 Å². The van der Waals surface area contributed by atoms with Crippen molar-refractivity contribution in [2.75, 3.05) is 13.6 Å². The van der Waals surface area contributed by atoms with Crippen molar-refractivity contribution >= 4 is 0 Å². The lowest BCUT2D eigenvalue weighted by atomic mass is 9.85. The summed E-state index contributed by atoms with van der Waals surface area (Å²) in [6.07, 6.45) is 3.23. The number of benzene rings is 1. The summed E-state index contributed by atoms with van der Waals surface area (Å²) in [7, 11) is 2.09. The molecule has 0 N–H and O–H groups in total. The predicted octanol–water partition coefficient (Wildman–Crippen LogP) is 2.95. The molecule has 1 nitrogen and oxygen atoms in total. The van der Waals surface area contributed by atoms with Gasteiger partial charge in [0.2, 0.25) is 0 Å². The van der Waals surface area contributed by atoms with E-state index in [2.05, 4.69) is 55.4 Å². The van der Waals surface area contributed by atoms with Crippen LogP contribution >= 0.6 is 0 Å². The molecular weight excluding hydrogens is 182 g/mol. The summed E-state index contributed by atoms with van der Waals surface area (Å²) in [4.78, 5) is 2.16. The van der Waals surface area contributed by atoms with E-state index in [-0.39, 0.29) is 0 Å². The molecule has 2 radical (unpaired) electrons. The Morgan fingerprint density at radius 1 is 1.47 bits per heavy atom. The molecule has 2 unspecified atom stereocenters. The van der Waals surface area contributed by atoms with Gasteiger partial charge in [-0.2, -0.15) is 0 Å². The van der Waals surface area contributed by atoms with Crippen LogP contribution in [0.15, 0.2) is 43.0 Å². The fourth-order valence-electron chi connectivity index (χ4n) is 2.21.